The highest BCUT2D eigenvalue weighted by Crippen LogP contribution is 2.30. The summed E-state index contributed by atoms with van der Waals surface area (Å²) in [4.78, 5) is 12.8. The quantitative estimate of drug-likeness (QED) is 0.387. The molecule has 174 valence electrons. The zero-order valence-electron chi connectivity index (χ0n) is 18.6. The van der Waals surface area contributed by atoms with Gasteiger partial charge in [0.25, 0.3) is 10.0 Å². The van der Waals surface area contributed by atoms with Gasteiger partial charge in [-0.3, -0.25) is 9.10 Å². The Balaban J connectivity index is 1.66. The molecule has 5 nitrogen and oxygen atoms in total. The fourth-order valence-corrected chi connectivity index (χ4v) is 5.70. The largest absolute Gasteiger partial charge is 0.354 e. The molecule has 0 saturated heterocycles. The number of thioether (sulfide) groups is 1. The van der Waals surface area contributed by atoms with Crippen LogP contribution in [0.25, 0.3) is 0 Å². The van der Waals surface area contributed by atoms with E-state index in [0.29, 0.717) is 22.8 Å². The van der Waals surface area contributed by atoms with Crippen LogP contribution in [0.3, 0.4) is 0 Å². The van der Waals surface area contributed by atoms with Crippen LogP contribution >= 0.6 is 23.4 Å². The Labute approximate surface area is 205 Å². The molecule has 0 heterocycles. The van der Waals surface area contributed by atoms with Gasteiger partial charge in [-0.05, 0) is 49.2 Å². The van der Waals surface area contributed by atoms with E-state index in [1.807, 2.05) is 0 Å². The summed E-state index contributed by atoms with van der Waals surface area (Å²) in [6.45, 7) is 3.91. The van der Waals surface area contributed by atoms with E-state index in [0.717, 1.165) is 15.8 Å². The molecule has 0 bridgehead atoms. The number of benzene rings is 3. The van der Waals surface area contributed by atoms with E-state index in [2.05, 4.69) is 36.5 Å². The van der Waals surface area contributed by atoms with Crippen LogP contribution in [0.4, 0.5) is 5.69 Å². The van der Waals surface area contributed by atoms with Crippen LogP contribution in [0, 0.1) is 13.8 Å². The van der Waals surface area contributed by atoms with E-state index >= 15 is 0 Å². The summed E-state index contributed by atoms with van der Waals surface area (Å²) < 4.78 is 27.9. The van der Waals surface area contributed by atoms with Crippen molar-refractivity contribution in [3.8, 4) is 0 Å². The molecule has 3 aromatic carbocycles. The van der Waals surface area contributed by atoms with Gasteiger partial charge in [0, 0.05) is 23.1 Å². The zero-order chi connectivity index (χ0) is 23.8. The molecule has 0 aliphatic rings. The molecule has 0 aromatic heterocycles. The molecule has 0 fully saturated rings. The molecule has 0 saturated carbocycles. The monoisotopic (exact) mass is 502 g/mol. The molecule has 33 heavy (non-hydrogen) atoms. The van der Waals surface area contributed by atoms with Gasteiger partial charge >= 0.3 is 0 Å². The Morgan fingerprint density at radius 2 is 1.67 bits per heavy atom. The van der Waals surface area contributed by atoms with Crippen LogP contribution in [-0.2, 0) is 20.6 Å². The molecule has 1 N–H and O–H groups in total. The van der Waals surface area contributed by atoms with E-state index in [1.54, 1.807) is 55.1 Å². The molecule has 3 rings (SSSR count). The van der Waals surface area contributed by atoms with Gasteiger partial charge in [0.1, 0.15) is 6.54 Å². The van der Waals surface area contributed by atoms with E-state index in [-0.39, 0.29) is 17.3 Å². The predicted molar refractivity (Wildman–Crippen MR) is 138 cm³/mol. The molecule has 0 atom stereocenters. The molecular weight excluding hydrogens is 476 g/mol. The Morgan fingerprint density at radius 3 is 2.36 bits per heavy atom. The molecule has 0 spiro atoms. The average molecular weight is 503 g/mol. The number of carbonyl (C=O) groups excluding carboxylic acids is 1. The van der Waals surface area contributed by atoms with Crippen molar-refractivity contribution in [2.75, 3.05) is 23.1 Å². The number of hydrogen-bond acceptors (Lipinski definition) is 4. The first-order chi connectivity index (χ1) is 15.8. The molecule has 0 aliphatic carbocycles. The number of rotatable bonds is 10. The number of halogens is 1. The fraction of sp³-hybridized carbons (Fsp3) is 0.240. The maximum Gasteiger partial charge on any atom is 0.264 e. The van der Waals surface area contributed by atoms with Crippen LogP contribution in [0.1, 0.15) is 16.7 Å². The summed E-state index contributed by atoms with van der Waals surface area (Å²) in [5.74, 6) is 1.21. The van der Waals surface area contributed by atoms with Crippen LogP contribution in [0.5, 0.6) is 0 Å². The highest BCUT2D eigenvalue weighted by atomic mass is 35.5. The third-order valence-corrected chi connectivity index (χ3v) is 8.30. The van der Waals surface area contributed by atoms with E-state index in [4.69, 9.17) is 11.6 Å². The van der Waals surface area contributed by atoms with Crippen molar-refractivity contribution in [1.82, 2.24) is 5.32 Å². The second-order valence-corrected chi connectivity index (χ2v) is 11.0. The van der Waals surface area contributed by atoms with Crippen molar-refractivity contribution in [1.29, 1.82) is 0 Å². The van der Waals surface area contributed by atoms with Crippen LogP contribution < -0.4 is 9.62 Å². The highest BCUT2D eigenvalue weighted by Gasteiger charge is 2.28. The molecular formula is C25H27ClN2O3S2. The smallest absolute Gasteiger partial charge is 0.264 e. The summed E-state index contributed by atoms with van der Waals surface area (Å²) in [5.41, 5.74) is 3.44. The number of aryl methyl sites for hydroxylation is 1. The lowest BCUT2D eigenvalue weighted by atomic mass is 10.2. The first kappa shape index (κ1) is 25.1. The molecule has 0 radical (unpaired) electrons. The van der Waals surface area contributed by atoms with Gasteiger partial charge in [0.15, 0.2) is 0 Å². The maximum atomic E-state index is 13.4. The Bertz CT molecular complexity index is 1180. The van der Waals surface area contributed by atoms with Crippen molar-refractivity contribution < 1.29 is 13.2 Å². The highest BCUT2D eigenvalue weighted by molar-refractivity contribution is 7.98. The third kappa shape index (κ3) is 6.76. The minimum atomic E-state index is -3.95. The van der Waals surface area contributed by atoms with Gasteiger partial charge in [-0.15, -0.1) is 0 Å². The first-order valence-electron chi connectivity index (χ1n) is 10.5. The lowest BCUT2D eigenvalue weighted by Crippen LogP contribution is -2.41. The van der Waals surface area contributed by atoms with Gasteiger partial charge in [0.05, 0.1) is 10.6 Å². The SMILES string of the molecule is Cc1ccc(CSCCNC(=O)CN(c2cccc(Cl)c2C)S(=O)(=O)c2ccccc2)cc1. The Hall–Kier alpha value is -2.48. The lowest BCUT2D eigenvalue weighted by molar-refractivity contribution is -0.119. The van der Waals surface area contributed by atoms with Gasteiger partial charge in [0.2, 0.25) is 5.91 Å². The topological polar surface area (TPSA) is 66.5 Å². The van der Waals surface area contributed by atoms with Crippen LogP contribution in [0.2, 0.25) is 5.02 Å². The van der Waals surface area contributed by atoms with Gasteiger partial charge in [-0.25, -0.2) is 8.42 Å². The number of amides is 1. The molecule has 1 amide bonds. The summed E-state index contributed by atoms with van der Waals surface area (Å²) in [7, 11) is -3.95. The second-order valence-electron chi connectivity index (χ2n) is 7.60. The number of anilines is 1. The maximum absolute atomic E-state index is 13.4. The number of hydrogen-bond donors (Lipinski definition) is 1. The van der Waals surface area contributed by atoms with Crippen molar-refractivity contribution in [3.05, 3.63) is 94.5 Å². The lowest BCUT2D eigenvalue weighted by Gasteiger charge is -2.26. The number of sulfonamides is 1. The van der Waals surface area contributed by atoms with Crippen LogP contribution in [-0.4, -0.2) is 33.2 Å². The summed E-state index contributed by atoms with van der Waals surface area (Å²) >= 11 is 7.96. The van der Waals surface area contributed by atoms with Crippen molar-refractivity contribution in [2.45, 2.75) is 24.5 Å². The fourth-order valence-electron chi connectivity index (χ4n) is 3.21. The summed E-state index contributed by atoms with van der Waals surface area (Å²) in [6, 6.07) is 21.5. The van der Waals surface area contributed by atoms with Crippen LogP contribution in [0.15, 0.2) is 77.7 Å². The number of nitrogens with one attached hydrogen (secondary N) is 1. The minimum Gasteiger partial charge on any atom is -0.354 e. The van der Waals surface area contributed by atoms with E-state index in [9.17, 15) is 13.2 Å². The van der Waals surface area contributed by atoms with Gasteiger partial charge < -0.3 is 5.32 Å². The predicted octanol–water partition coefficient (Wildman–Crippen LogP) is 5.20. The normalized spacial score (nSPS) is 11.2. The molecule has 0 unspecified atom stereocenters. The summed E-state index contributed by atoms with van der Waals surface area (Å²) in [5, 5.41) is 3.28. The molecule has 3 aromatic rings. The second kappa shape index (κ2) is 11.6. The number of nitrogens with zero attached hydrogens (tertiary/aromatic N) is 1. The third-order valence-electron chi connectivity index (χ3n) is 5.08. The molecule has 0 aliphatic heterocycles. The average Bonchev–Trinajstić information content (AvgIpc) is 2.81. The van der Waals surface area contributed by atoms with E-state index < -0.39 is 10.0 Å². The van der Waals surface area contributed by atoms with Gasteiger partial charge in [-0.1, -0.05) is 65.7 Å². The van der Waals surface area contributed by atoms with Gasteiger partial charge in [-0.2, -0.15) is 11.8 Å². The van der Waals surface area contributed by atoms with Crippen molar-refractivity contribution in [3.63, 3.8) is 0 Å². The zero-order valence-corrected chi connectivity index (χ0v) is 21.0. The van der Waals surface area contributed by atoms with E-state index in [1.165, 1.54) is 23.3 Å². The number of carbonyl (C=O) groups is 1. The van der Waals surface area contributed by atoms with Crippen molar-refractivity contribution >= 4 is 45.0 Å². The summed E-state index contributed by atoms with van der Waals surface area (Å²) in [6.07, 6.45) is 0. The Kier molecular flexibility index (Phi) is 8.83. The first-order valence-corrected chi connectivity index (χ1v) is 13.5. The molecule has 8 heteroatoms. The Morgan fingerprint density at radius 1 is 0.970 bits per heavy atom. The standard InChI is InChI=1S/C25H27ClN2O3S2/c1-19-11-13-21(14-12-19)18-32-16-15-27-25(29)17-28(24-10-6-9-23(26)20(24)2)33(30,31)22-7-4-3-5-8-22/h3-14H,15-18H2,1-2H3,(H,27,29). The van der Waals surface area contributed by atoms with Crippen molar-refractivity contribution in [2.24, 2.45) is 0 Å². The minimum absolute atomic E-state index is 0.117.